The molecule has 2 nitrogen and oxygen atoms in total. The van der Waals surface area contributed by atoms with Gasteiger partial charge in [-0.25, -0.2) is 0 Å². The number of aliphatic carboxylic acids is 1. The monoisotopic (exact) mass is 154 g/mol. The van der Waals surface area contributed by atoms with Crippen LogP contribution in [0, 0.1) is 17.8 Å². The predicted molar refractivity (Wildman–Crippen MR) is 41.2 cm³/mol. The van der Waals surface area contributed by atoms with Crippen molar-refractivity contribution in [2.75, 3.05) is 0 Å². The first-order valence-corrected chi connectivity index (χ1v) is 4.49. The summed E-state index contributed by atoms with van der Waals surface area (Å²) in [5, 5.41) is 8.43. The first kappa shape index (κ1) is 7.14. The van der Waals surface area contributed by atoms with Gasteiger partial charge in [0.2, 0.25) is 0 Å². The van der Waals surface area contributed by atoms with Crippen LogP contribution in [-0.4, -0.2) is 11.1 Å². The quantitative estimate of drug-likeness (QED) is 0.671. The standard InChI is InChI=1S/C9H14O2/c10-9(11)4-3-7-5-8(7)6-1-2-6/h6-8H,1-5H2,(H,10,11). The summed E-state index contributed by atoms with van der Waals surface area (Å²) in [6, 6.07) is 0. The van der Waals surface area contributed by atoms with Crippen molar-refractivity contribution in [3.8, 4) is 0 Å². The van der Waals surface area contributed by atoms with Crippen molar-refractivity contribution in [1.29, 1.82) is 0 Å². The maximum Gasteiger partial charge on any atom is 0.303 e. The molecule has 0 spiro atoms. The Morgan fingerprint density at radius 2 is 2.18 bits per heavy atom. The van der Waals surface area contributed by atoms with E-state index in [4.69, 9.17) is 5.11 Å². The number of hydrogen-bond donors (Lipinski definition) is 1. The third-order valence-corrected chi connectivity index (χ3v) is 2.93. The molecule has 1 N–H and O–H groups in total. The molecule has 2 heteroatoms. The maximum absolute atomic E-state index is 10.2. The van der Waals surface area contributed by atoms with Crippen LogP contribution in [0.2, 0.25) is 0 Å². The summed E-state index contributed by atoms with van der Waals surface area (Å²) in [7, 11) is 0. The van der Waals surface area contributed by atoms with E-state index in [1.54, 1.807) is 0 Å². The third-order valence-electron chi connectivity index (χ3n) is 2.93. The highest BCUT2D eigenvalue weighted by Gasteiger charge is 2.46. The predicted octanol–water partition coefficient (Wildman–Crippen LogP) is 1.90. The zero-order chi connectivity index (χ0) is 7.84. The van der Waals surface area contributed by atoms with Crippen LogP contribution in [0.15, 0.2) is 0 Å². The molecular weight excluding hydrogens is 140 g/mol. The summed E-state index contributed by atoms with van der Waals surface area (Å²) in [4.78, 5) is 10.2. The zero-order valence-corrected chi connectivity index (χ0v) is 6.62. The van der Waals surface area contributed by atoms with Gasteiger partial charge in [0.25, 0.3) is 0 Å². The topological polar surface area (TPSA) is 37.3 Å². The SMILES string of the molecule is O=C(O)CCC1CC1C1CC1. The van der Waals surface area contributed by atoms with Gasteiger partial charge >= 0.3 is 5.97 Å². The van der Waals surface area contributed by atoms with Crippen molar-refractivity contribution in [3.63, 3.8) is 0 Å². The first-order valence-electron chi connectivity index (χ1n) is 4.49. The Balaban J connectivity index is 1.63. The Bertz CT molecular complexity index is 172. The van der Waals surface area contributed by atoms with Crippen molar-refractivity contribution in [3.05, 3.63) is 0 Å². The van der Waals surface area contributed by atoms with Crippen LogP contribution < -0.4 is 0 Å². The molecule has 0 aromatic heterocycles. The van der Waals surface area contributed by atoms with Crippen molar-refractivity contribution >= 4 is 5.97 Å². The van der Waals surface area contributed by atoms with Crippen LogP contribution in [0.5, 0.6) is 0 Å². The summed E-state index contributed by atoms with van der Waals surface area (Å²) < 4.78 is 0. The molecule has 0 saturated heterocycles. The molecule has 0 bridgehead atoms. The minimum atomic E-state index is -0.633. The van der Waals surface area contributed by atoms with Gasteiger partial charge in [-0.05, 0) is 43.4 Å². The second-order valence-corrected chi connectivity index (χ2v) is 3.93. The van der Waals surface area contributed by atoms with Crippen LogP contribution in [0.3, 0.4) is 0 Å². The summed E-state index contributed by atoms with van der Waals surface area (Å²) in [5.74, 6) is 2.06. The number of carboxylic acids is 1. The van der Waals surface area contributed by atoms with Gasteiger partial charge in [-0.2, -0.15) is 0 Å². The van der Waals surface area contributed by atoms with Crippen molar-refractivity contribution in [2.45, 2.75) is 32.1 Å². The molecule has 0 radical (unpaired) electrons. The molecular formula is C9H14O2. The molecule has 2 atom stereocenters. The van der Waals surface area contributed by atoms with Crippen LogP contribution >= 0.6 is 0 Å². The van der Waals surface area contributed by atoms with Gasteiger partial charge in [-0.15, -0.1) is 0 Å². The van der Waals surface area contributed by atoms with E-state index in [1.807, 2.05) is 0 Å². The van der Waals surface area contributed by atoms with E-state index in [0.29, 0.717) is 6.42 Å². The molecule has 11 heavy (non-hydrogen) atoms. The van der Waals surface area contributed by atoms with Gasteiger partial charge in [-0.3, -0.25) is 4.79 Å². The number of carbonyl (C=O) groups is 1. The number of hydrogen-bond acceptors (Lipinski definition) is 1. The Hall–Kier alpha value is -0.530. The van der Waals surface area contributed by atoms with Crippen molar-refractivity contribution in [2.24, 2.45) is 17.8 Å². The van der Waals surface area contributed by atoms with Crippen molar-refractivity contribution < 1.29 is 9.90 Å². The highest BCUT2D eigenvalue weighted by Crippen LogP contribution is 2.55. The van der Waals surface area contributed by atoms with Crippen molar-refractivity contribution in [1.82, 2.24) is 0 Å². The van der Waals surface area contributed by atoms with Crippen LogP contribution in [0.4, 0.5) is 0 Å². The Labute approximate surface area is 66.6 Å². The average molecular weight is 154 g/mol. The lowest BCUT2D eigenvalue weighted by molar-refractivity contribution is -0.137. The zero-order valence-electron chi connectivity index (χ0n) is 6.62. The Kier molecular flexibility index (Phi) is 1.63. The molecule has 2 aliphatic rings. The summed E-state index contributed by atoms with van der Waals surface area (Å²) in [6.45, 7) is 0. The van der Waals surface area contributed by atoms with Gasteiger partial charge in [0.1, 0.15) is 0 Å². The smallest absolute Gasteiger partial charge is 0.303 e. The van der Waals surface area contributed by atoms with Gasteiger partial charge in [0.05, 0.1) is 0 Å². The maximum atomic E-state index is 10.2. The lowest BCUT2D eigenvalue weighted by atomic mass is 10.1. The van der Waals surface area contributed by atoms with Crippen LogP contribution in [0.25, 0.3) is 0 Å². The summed E-state index contributed by atoms with van der Waals surface area (Å²) >= 11 is 0. The minimum Gasteiger partial charge on any atom is -0.481 e. The average Bonchev–Trinajstić information content (AvgIpc) is 2.79. The van der Waals surface area contributed by atoms with E-state index >= 15 is 0 Å². The highest BCUT2D eigenvalue weighted by atomic mass is 16.4. The van der Waals surface area contributed by atoms with E-state index in [-0.39, 0.29) is 0 Å². The second-order valence-electron chi connectivity index (χ2n) is 3.93. The molecule has 2 fully saturated rings. The van der Waals surface area contributed by atoms with E-state index < -0.39 is 5.97 Å². The third kappa shape index (κ3) is 1.73. The van der Waals surface area contributed by atoms with Gasteiger partial charge in [0, 0.05) is 6.42 Å². The number of rotatable bonds is 4. The van der Waals surface area contributed by atoms with Crippen LogP contribution in [0.1, 0.15) is 32.1 Å². The van der Waals surface area contributed by atoms with E-state index in [0.717, 1.165) is 24.2 Å². The lowest BCUT2D eigenvalue weighted by Gasteiger charge is -1.93. The molecule has 0 aromatic carbocycles. The number of carboxylic acid groups (broad SMARTS) is 1. The second kappa shape index (κ2) is 2.50. The summed E-state index contributed by atoms with van der Waals surface area (Å²) in [6.07, 6.45) is 5.45. The molecule has 0 aliphatic heterocycles. The molecule has 2 saturated carbocycles. The fraction of sp³-hybridized carbons (Fsp3) is 0.889. The lowest BCUT2D eigenvalue weighted by Crippen LogP contribution is -1.95. The molecule has 2 unspecified atom stereocenters. The molecule has 62 valence electrons. The molecule has 0 amide bonds. The van der Waals surface area contributed by atoms with E-state index in [2.05, 4.69) is 0 Å². The fourth-order valence-electron chi connectivity index (χ4n) is 2.01. The first-order chi connectivity index (χ1) is 5.27. The molecule has 0 aromatic rings. The Morgan fingerprint density at radius 3 is 2.73 bits per heavy atom. The highest BCUT2D eigenvalue weighted by molar-refractivity contribution is 5.66. The van der Waals surface area contributed by atoms with Gasteiger partial charge in [0.15, 0.2) is 0 Å². The minimum absolute atomic E-state index is 0.383. The largest absolute Gasteiger partial charge is 0.481 e. The van der Waals surface area contributed by atoms with Gasteiger partial charge < -0.3 is 5.11 Å². The van der Waals surface area contributed by atoms with Gasteiger partial charge in [-0.1, -0.05) is 0 Å². The summed E-state index contributed by atoms with van der Waals surface area (Å²) in [5.41, 5.74) is 0. The molecule has 2 rings (SSSR count). The molecule has 2 aliphatic carbocycles. The Morgan fingerprint density at radius 1 is 1.45 bits per heavy atom. The molecule has 0 heterocycles. The normalized spacial score (nSPS) is 35.3. The van der Waals surface area contributed by atoms with Crippen LogP contribution in [-0.2, 0) is 4.79 Å². The van der Waals surface area contributed by atoms with E-state index in [9.17, 15) is 4.79 Å². The van der Waals surface area contributed by atoms with E-state index in [1.165, 1.54) is 19.3 Å². The fourth-order valence-corrected chi connectivity index (χ4v) is 2.01.